The van der Waals surface area contributed by atoms with E-state index >= 15 is 0 Å². The first kappa shape index (κ1) is 15.2. The molecule has 0 bridgehead atoms. The predicted octanol–water partition coefficient (Wildman–Crippen LogP) is 4.91. The fraction of sp³-hybridized carbons (Fsp3) is 0.0625. The Hall–Kier alpha value is -1.69. The summed E-state index contributed by atoms with van der Waals surface area (Å²) in [6.45, 7) is 2.06. The highest BCUT2D eigenvalue weighted by Gasteiger charge is 2.11. The van der Waals surface area contributed by atoms with Crippen LogP contribution in [0.2, 0.25) is 5.02 Å². The fourth-order valence-electron chi connectivity index (χ4n) is 1.90. The van der Waals surface area contributed by atoms with E-state index in [1.807, 2.05) is 12.1 Å². The van der Waals surface area contributed by atoms with Crippen molar-refractivity contribution < 1.29 is 4.21 Å². The summed E-state index contributed by atoms with van der Waals surface area (Å²) < 4.78 is 16.0. The smallest absolute Gasteiger partial charge is 0.160 e. The van der Waals surface area contributed by atoms with Crippen molar-refractivity contribution in [2.75, 3.05) is 4.72 Å². The fourth-order valence-corrected chi connectivity index (χ4v) is 4.20. The third kappa shape index (κ3) is 3.38. The Bertz CT molecular complexity index is 815. The minimum Gasteiger partial charge on any atom is -0.297 e. The molecule has 0 amide bonds. The Balaban J connectivity index is 1.80. The number of nitrogens with zero attached hydrogens (tertiary/aromatic N) is 1. The number of aryl methyl sites for hydroxylation is 1. The molecule has 3 rings (SSSR count). The molecule has 2 aromatic heterocycles. The molecule has 1 atom stereocenters. The highest BCUT2D eigenvalue weighted by Crippen LogP contribution is 2.31. The van der Waals surface area contributed by atoms with Crippen molar-refractivity contribution in [1.82, 2.24) is 4.98 Å². The molecular weight excluding hydrogens is 336 g/mol. The molecule has 112 valence electrons. The molecule has 0 radical (unpaired) electrons. The van der Waals surface area contributed by atoms with E-state index in [2.05, 4.69) is 40.9 Å². The van der Waals surface area contributed by atoms with Crippen LogP contribution in [0.15, 0.2) is 59.1 Å². The summed E-state index contributed by atoms with van der Waals surface area (Å²) in [7, 11) is -1.36. The maximum Gasteiger partial charge on any atom is 0.160 e. The minimum atomic E-state index is -1.36. The van der Waals surface area contributed by atoms with Crippen LogP contribution in [0.4, 0.5) is 5.69 Å². The van der Waals surface area contributed by atoms with E-state index in [1.54, 1.807) is 18.5 Å². The molecule has 0 spiro atoms. The van der Waals surface area contributed by atoms with E-state index in [0.717, 1.165) is 14.6 Å². The Kier molecular flexibility index (Phi) is 4.57. The van der Waals surface area contributed by atoms with Crippen LogP contribution in [0.5, 0.6) is 0 Å². The first-order valence-electron chi connectivity index (χ1n) is 6.58. The second-order valence-electron chi connectivity index (χ2n) is 4.71. The zero-order valence-corrected chi connectivity index (χ0v) is 14.1. The number of hydrogen-bond donors (Lipinski definition) is 1. The van der Waals surface area contributed by atoms with E-state index in [-0.39, 0.29) is 0 Å². The second kappa shape index (κ2) is 6.60. The lowest BCUT2D eigenvalue weighted by Gasteiger charge is -2.05. The van der Waals surface area contributed by atoms with Gasteiger partial charge in [0.2, 0.25) is 0 Å². The largest absolute Gasteiger partial charge is 0.297 e. The monoisotopic (exact) mass is 348 g/mol. The van der Waals surface area contributed by atoms with Gasteiger partial charge in [-0.3, -0.25) is 9.71 Å². The van der Waals surface area contributed by atoms with Gasteiger partial charge in [0.25, 0.3) is 0 Å². The second-order valence-corrected chi connectivity index (χ2v) is 7.64. The Labute approximate surface area is 140 Å². The summed E-state index contributed by atoms with van der Waals surface area (Å²) in [5.41, 5.74) is 2.91. The first-order valence-corrected chi connectivity index (χ1v) is 8.93. The number of hydrogen-bond acceptors (Lipinski definition) is 3. The van der Waals surface area contributed by atoms with Crippen molar-refractivity contribution in [2.45, 2.75) is 11.1 Å². The van der Waals surface area contributed by atoms with Gasteiger partial charge in [-0.25, -0.2) is 4.21 Å². The predicted molar refractivity (Wildman–Crippen MR) is 93.8 cm³/mol. The molecule has 0 aliphatic heterocycles. The van der Waals surface area contributed by atoms with Gasteiger partial charge < -0.3 is 0 Å². The van der Waals surface area contributed by atoms with Crippen LogP contribution in [0.3, 0.4) is 0 Å². The van der Waals surface area contributed by atoms with Crippen molar-refractivity contribution >= 4 is 39.6 Å². The summed E-state index contributed by atoms with van der Waals surface area (Å²) in [4.78, 5) is 5.06. The van der Waals surface area contributed by atoms with Gasteiger partial charge in [0, 0.05) is 11.1 Å². The lowest BCUT2D eigenvalue weighted by molar-refractivity contribution is 0.687. The van der Waals surface area contributed by atoms with Gasteiger partial charge in [0.05, 0.1) is 16.9 Å². The molecule has 0 saturated heterocycles. The summed E-state index contributed by atoms with van der Waals surface area (Å²) in [6, 6.07) is 13.8. The van der Waals surface area contributed by atoms with E-state index in [9.17, 15) is 4.21 Å². The van der Waals surface area contributed by atoms with Gasteiger partial charge in [0.15, 0.2) is 11.0 Å². The molecule has 0 aliphatic carbocycles. The zero-order chi connectivity index (χ0) is 15.5. The van der Waals surface area contributed by atoms with Gasteiger partial charge >= 0.3 is 0 Å². The van der Waals surface area contributed by atoms with Gasteiger partial charge in [-0.05, 0) is 30.7 Å². The van der Waals surface area contributed by atoms with Gasteiger partial charge in [-0.1, -0.05) is 41.4 Å². The van der Waals surface area contributed by atoms with Crippen LogP contribution in [-0.4, -0.2) is 9.19 Å². The minimum absolute atomic E-state index is 0.499. The van der Waals surface area contributed by atoms with Crippen LogP contribution in [0.25, 0.3) is 10.4 Å². The van der Waals surface area contributed by atoms with Crippen molar-refractivity contribution in [2.24, 2.45) is 0 Å². The number of benzene rings is 1. The molecule has 0 fully saturated rings. The molecule has 1 unspecified atom stereocenters. The van der Waals surface area contributed by atoms with Gasteiger partial charge in [-0.15, -0.1) is 11.3 Å². The Morgan fingerprint density at radius 2 is 1.91 bits per heavy atom. The maximum absolute atomic E-state index is 12.4. The van der Waals surface area contributed by atoms with E-state index in [0.29, 0.717) is 10.7 Å². The first-order chi connectivity index (χ1) is 10.6. The van der Waals surface area contributed by atoms with Crippen LogP contribution in [0.1, 0.15) is 5.56 Å². The molecule has 0 saturated carbocycles. The van der Waals surface area contributed by atoms with E-state index in [4.69, 9.17) is 11.6 Å². The van der Waals surface area contributed by atoms with Crippen molar-refractivity contribution in [3.63, 3.8) is 0 Å². The maximum atomic E-state index is 12.4. The van der Waals surface area contributed by atoms with Crippen LogP contribution in [-0.2, 0) is 11.0 Å². The molecule has 1 aromatic carbocycles. The third-order valence-corrected chi connectivity index (χ3v) is 5.94. The van der Waals surface area contributed by atoms with Crippen molar-refractivity contribution in [3.8, 4) is 10.4 Å². The van der Waals surface area contributed by atoms with Crippen molar-refractivity contribution in [1.29, 1.82) is 0 Å². The molecule has 3 nitrogen and oxygen atoms in total. The molecule has 22 heavy (non-hydrogen) atoms. The molecule has 0 aliphatic rings. The topological polar surface area (TPSA) is 42.0 Å². The van der Waals surface area contributed by atoms with Crippen LogP contribution in [0, 0.1) is 6.92 Å². The summed E-state index contributed by atoms with van der Waals surface area (Å²) >= 11 is 7.54. The number of thiophene rings is 1. The summed E-state index contributed by atoms with van der Waals surface area (Å²) in [5, 5.41) is 0.499. The molecular formula is C16H13ClN2OS2. The number of anilines is 1. The number of pyridine rings is 1. The Morgan fingerprint density at radius 1 is 1.14 bits per heavy atom. The molecule has 2 heterocycles. The average Bonchev–Trinajstić information content (AvgIpc) is 3.00. The highest BCUT2D eigenvalue weighted by molar-refractivity contribution is 7.88. The zero-order valence-electron chi connectivity index (χ0n) is 11.7. The van der Waals surface area contributed by atoms with Gasteiger partial charge in [-0.2, -0.15) is 0 Å². The molecule has 6 heteroatoms. The molecule has 1 N–H and O–H groups in total. The Morgan fingerprint density at radius 3 is 2.64 bits per heavy atom. The lowest BCUT2D eigenvalue weighted by atomic mass is 10.1. The SMILES string of the molecule is Cc1ccc(-c2ccc(S(=O)Nc3cnccc3Cl)s2)cc1. The number of nitrogens with one attached hydrogen (secondary N) is 1. The number of rotatable bonds is 4. The number of halogens is 1. The van der Waals surface area contributed by atoms with Gasteiger partial charge in [0.1, 0.15) is 4.21 Å². The van der Waals surface area contributed by atoms with E-state index < -0.39 is 11.0 Å². The third-order valence-electron chi connectivity index (χ3n) is 3.07. The highest BCUT2D eigenvalue weighted by atomic mass is 35.5. The summed E-state index contributed by atoms with van der Waals surface area (Å²) in [5.74, 6) is 0. The number of aromatic nitrogens is 1. The normalized spacial score (nSPS) is 12.1. The van der Waals surface area contributed by atoms with E-state index in [1.165, 1.54) is 16.9 Å². The quantitative estimate of drug-likeness (QED) is 0.728. The van der Waals surface area contributed by atoms with Crippen LogP contribution >= 0.6 is 22.9 Å². The average molecular weight is 349 g/mol. The van der Waals surface area contributed by atoms with Crippen LogP contribution < -0.4 is 4.72 Å². The summed E-state index contributed by atoms with van der Waals surface area (Å²) in [6.07, 6.45) is 3.16. The molecule has 3 aromatic rings. The standard InChI is InChI=1S/C16H13ClN2OS2/c1-11-2-4-12(5-3-11)15-6-7-16(21-15)22(20)19-14-10-18-9-8-13(14)17/h2-10,19H,1H3. The lowest BCUT2D eigenvalue weighted by Crippen LogP contribution is -2.03. The van der Waals surface area contributed by atoms with Crippen molar-refractivity contribution in [3.05, 3.63) is 65.4 Å².